The normalized spacial score (nSPS) is 17.9. The average molecular weight is 427 g/mol. The molecule has 0 amide bonds. The van der Waals surface area contributed by atoms with Crippen molar-refractivity contribution in [2.45, 2.75) is 18.9 Å². The standard InChI is InChI=1S/C25H18N2OS2/c28-24-21(15-16-7-2-1-3-8-16)30-25-26-22-18-10-5-4-9-17(18)12-13-19(22)23(27(24)25)20-11-6-14-29-20/h1-11,14-15,23H,12-13H2/b21-15-/t23-/m1/s1. The highest BCUT2D eigenvalue weighted by molar-refractivity contribution is 7.10. The number of thiazole rings is 1. The van der Waals surface area contributed by atoms with Crippen LogP contribution in [0.2, 0.25) is 0 Å². The van der Waals surface area contributed by atoms with E-state index in [4.69, 9.17) is 4.99 Å². The molecule has 6 rings (SSSR count). The monoisotopic (exact) mass is 426 g/mol. The van der Waals surface area contributed by atoms with Crippen LogP contribution >= 0.6 is 22.7 Å². The van der Waals surface area contributed by atoms with Crippen LogP contribution in [0.25, 0.3) is 11.8 Å². The Hall–Kier alpha value is -3.02. The summed E-state index contributed by atoms with van der Waals surface area (Å²) in [5, 5.41) is 2.09. The van der Waals surface area contributed by atoms with Gasteiger partial charge < -0.3 is 0 Å². The van der Waals surface area contributed by atoms with Gasteiger partial charge in [0.1, 0.15) is 0 Å². The maximum atomic E-state index is 13.5. The van der Waals surface area contributed by atoms with Gasteiger partial charge >= 0.3 is 0 Å². The molecule has 0 saturated carbocycles. The number of fused-ring (bicyclic) bond motifs is 3. The Morgan fingerprint density at radius 1 is 0.967 bits per heavy atom. The fourth-order valence-electron chi connectivity index (χ4n) is 4.42. The molecule has 0 radical (unpaired) electrons. The van der Waals surface area contributed by atoms with E-state index in [1.165, 1.54) is 32.9 Å². The fourth-order valence-corrected chi connectivity index (χ4v) is 6.27. The van der Waals surface area contributed by atoms with Gasteiger partial charge in [-0.15, -0.1) is 11.3 Å². The molecule has 5 heteroatoms. The quantitative estimate of drug-likeness (QED) is 0.468. The minimum absolute atomic E-state index is 0.0476. The molecule has 1 aliphatic heterocycles. The lowest BCUT2D eigenvalue weighted by Gasteiger charge is -2.30. The summed E-state index contributed by atoms with van der Waals surface area (Å²) in [6.07, 6.45) is 3.90. The third kappa shape index (κ3) is 2.77. The van der Waals surface area contributed by atoms with Crippen molar-refractivity contribution in [3.05, 3.63) is 119 Å². The van der Waals surface area contributed by atoms with Gasteiger partial charge in [-0.25, -0.2) is 4.99 Å². The van der Waals surface area contributed by atoms with E-state index >= 15 is 0 Å². The van der Waals surface area contributed by atoms with Gasteiger partial charge in [-0.2, -0.15) is 0 Å². The maximum Gasteiger partial charge on any atom is 0.271 e. The first-order valence-corrected chi connectivity index (χ1v) is 11.7. The number of hydrogen-bond donors (Lipinski definition) is 0. The van der Waals surface area contributed by atoms with Crippen LogP contribution in [0.3, 0.4) is 0 Å². The number of allylic oxidation sites excluding steroid dienone is 1. The third-order valence-corrected chi connectivity index (χ3v) is 7.69. The molecule has 2 aliphatic rings. The zero-order valence-corrected chi connectivity index (χ0v) is 17.7. The molecule has 0 N–H and O–H groups in total. The minimum atomic E-state index is -0.0671. The highest BCUT2D eigenvalue weighted by atomic mass is 32.1. The third-order valence-electron chi connectivity index (χ3n) is 5.78. The molecule has 146 valence electrons. The Bertz CT molecular complexity index is 1460. The van der Waals surface area contributed by atoms with Crippen LogP contribution < -0.4 is 14.9 Å². The summed E-state index contributed by atoms with van der Waals surface area (Å²) in [6, 6.07) is 22.7. The zero-order valence-electron chi connectivity index (χ0n) is 16.1. The summed E-state index contributed by atoms with van der Waals surface area (Å²) in [4.78, 5) is 20.5. The molecule has 0 bridgehead atoms. The van der Waals surface area contributed by atoms with Crippen LogP contribution in [0.4, 0.5) is 0 Å². The van der Waals surface area contributed by atoms with Gasteiger partial charge in [-0.05, 0) is 47.1 Å². The molecular formula is C25H18N2OS2. The van der Waals surface area contributed by atoms with Crippen molar-refractivity contribution in [2.75, 3.05) is 0 Å². The second-order valence-corrected chi connectivity index (χ2v) is 9.53. The number of benzene rings is 2. The largest absolute Gasteiger partial charge is 0.271 e. The van der Waals surface area contributed by atoms with Gasteiger partial charge in [0.25, 0.3) is 5.56 Å². The van der Waals surface area contributed by atoms with E-state index < -0.39 is 0 Å². The molecule has 30 heavy (non-hydrogen) atoms. The first-order chi connectivity index (χ1) is 14.8. The van der Waals surface area contributed by atoms with Gasteiger partial charge in [0.2, 0.25) is 0 Å². The van der Waals surface area contributed by atoms with E-state index in [2.05, 4.69) is 41.8 Å². The molecule has 1 aliphatic carbocycles. The number of thiophene rings is 1. The number of rotatable bonds is 2. The van der Waals surface area contributed by atoms with Crippen LogP contribution in [-0.2, 0) is 6.42 Å². The summed E-state index contributed by atoms with van der Waals surface area (Å²) in [7, 11) is 0. The molecular weight excluding hydrogens is 408 g/mol. The molecule has 0 unspecified atom stereocenters. The molecule has 3 heterocycles. The van der Waals surface area contributed by atoms with Gasteiger partial charge in [0.05, 0.1) is 16.3 Å². The van der Waals surface area contributed by atoms with Crippen molar-refractivity contribution in [3.8, 4) is 0 Å². The Morgan fingerprint density at radius 2 is 1.80 bits per heavy atom. The van der Waals surface area contributed by atoms with Crippen LogP contribution in [0.5, 0.6) is 0 Å². The lowest BCUT2D eigenvalue weighted by molar-refractivity contribution is 0.593. The summed E-state index contributed by atoms with van der Waals surface area (Å²) in [6.45, 7) is 0. The molecule has 2 aromatic heterocycles. The lowest BCUT2D eigenvalue weighted by atomic mass is 9.85. The Labute approximate surface area is 181 Å². The Balaban J connectivity index is 1.64. The van der Waals surface area contributed by atoms with Gasteiger partial charge in [0.15, 0.2) is 4.80 Å². The summed E-state index contributed by atoms with van der Waals surface area (Å²) >= 11 is 3.20. The first kappa shape index (κ1) is 17.8. The van der Waals surface area contributed by atoms with Crippen LogP contribution in [-0.4, -0.2) is 4.57 Å². The number of aryl methyl sites for hydroxylation is 1. The smallest absolute Gasteiger partial charge is 0.271 e. The number of nitrogens with zero attached hydrogens (tertiary/aromatic N) is 2. The van der Waals surface area contributed by atoms with Crippen molar-refractivity contribution in [2.24, 2.45) is 4.99 Å². The minimum Gasteiger partial charge on any atom is -0.271 e. The van der Waals surface area contributed by atoms with E-state index in [1.54, 1.807) is 11.3 Å². The van der Waals surface area contributed by atoms with Crippen molar-refractivity contribution < 1.29 is 0 Å². The van der Waals surface area contributed by atoms with Gasteiger partial charge in [0, 0.05) is 10.4 Å². The van der Waals surface area contributed by atoms with Crippen molar-refractivity contribution in [1.82, 2.24) is 4.57 Å². The fraction of sp³-hybridized carbons (Fsp3) is 0.120. The van der Waals surface area contributed by atoms with Crippen LogP contribution in [0.1, 0.15) is 34.0 Å². The van der Waals surface area contributed by atoms with E-state index in [-0.39, 0.29) is 11.6 Å². The molecule has 0 saturated heterocycles. The number of hydrogen-bond acceptors (Lipinski definition) is 4. The van der Waals surface area contributed by atoms with Gasteiger partial charge in [-0.3, -0.25) is 9.36 Å². The second-order valence-electron chi connectivity index (χ2n) is 7.54. The second kappa shape index (κ2) is 7.04. The lowest BCUT2D eigenvalue weighted by Crippen LogP contribution is -2.38. The molecule has 3 nitrogen and oxygen atoms in total. The highest BCUT2D eigenvalue weighted by Gasteiger charge is 2.32. The Kier molecular flexibility index (Phi) is 4.18. The summed E-state index contributed by atoms with van der Waals surface area (Å²) in [5.74, 6) is 0. The summed E-state index contributed by atoms with van der Waals surface area (Å²) < 4.78 is 2.65. The van der Waals surface area contributed by atoms with E-state index in [9.17, 15) is 4.79 Å². The predicted octanol–water partition coefficient (Wildman–Crippen LogP) is 4.38. The summed E-state index contributed by atoms with van der Waals surface area (Å²) in [5.41, 5.74) is 5.95. The Morgan fingerprint density at radius 3 is 2.63 bits per heavy atom. The van der Waals surface area contributed by atoms with E-state index in [1.807, 2.05) is 41.0 Å². The average Bonchev–Trinajstić information content (AvgIpc) is 3.42. The topological polar surface area (TPSA) is 34.4 Å². The maximum absolute atomic E-state index is 13.5. The van der Waals surface area contributed by atoms with Crippen LogP contribution in [0.15, 0.2) is 87.5 Å². The number of aromatic nitrogens is 1. The highest BCUT2D eigenvalue weighted by Crippen LogP contribution is 2.42. The van der Waals surface area contributed by atoms with Crippen molar-refractivity contribution >= 4 is 34.4 Å². The molecule has 0 spiro atoms. The van der Waals surface area contributed by atoms with E-state index in [0.717, 1.165) is 33.4 Å². The van der Waals surface area contributed by atoms with Crippen molar-refractivity contribution in [3.63, 3.8) is 0 Å². The predicted molar refractivity (Wildman–Crippen MR) is 124 cm³/mol. The molecule has 1 atom stereocenters. The molecule has 4 aromatic rings. The zero-order chi connectivity index (χ0) is 20.1. The van der Waals surface area contributed by atoms with E-state index in [0.29, 0.717) is 0 Å². The molecule has 2 aromatic carbocycles. The van der Waals surface area contributed by atoms with Crippen LogP contribution in [0, 0.1) is 0 Å². The SMILES string of the molecule is O=c1/c(=C/c2ccccc2)sc2n1[C@@H](c1cccs1)C1=C(N=2)c2ccccc2CC1. The van der Waals surface area contributed by atoms with Gasteiger partial charge in [-0.1, -0.05) is 72.0 Å². The van der Waals surface area contributed by atoms with Crippen molar-refractivity contribution in [1.29, 1.82) is 0 Å². The molecule has 0 fully saturated rings. The first-order valence-electron chi connectivity index (χ1n) is 10.0.